The van der Waals surface area contributed by atoms with Crippen molar-refractivity contribution in [1.82, 2.24) is 14.9 Å². The summed E-state index contributed by atoms with van der Waals surface area (Å²) in [7, 11) is 3.50. The molecule has 0 aliphatic heterocycles. The van der Waals surface area contributed by atoms with Crippen molar-refractivity contribution in [3.63, 3.8) is 0 Å². The van der Waals surface area contributed by atoms with E-state index >= 15 is 0 Å². The smallest absolute Gasteiger partial charge is 0.244 e. The summed E-state index contributed by atoms with van der Waals surface area (Å²) in [6.45, 7) is 1.86. The zero-order valence-electron chi connectivity index (χ0n) is 15.0. The summed E-state index contributed by atoms with van der Waals surface area (Å²) in [6.07, 6.45) is 6.64. The minimum absolute atomic E-state index is 0.241. The van der Waals surface area contributed by atoms with Gasteiger partial charge in [-0.3, -0.25) is 4.79 Å². The fourth-order valence-electron chi connectivity index (χ4n) is 2.66. The van der Waals surface area contributed by atoms with Crippen LogP contribution in [0.15, 0.2) is 59.3 Å². The van der Waals surface area contributed by atoms with Crippen LogP contribution in [-0.2, 0) is 11.8 Å². The summed E-state index contributed by atoms with van der Waals surface area (Å²) in [4.78, 5) is 16.8. The van der Waals surface area contributed by atoms with Crippen molar-refractivity contribution in [3.8, 4) is 5.75 Å². The van der Waals surface area contributed by atoms with Crippen LogP contribution in [0.4, 0.5) is 0 Å². The van der Waals surface area contributed by atoms with Gasteiger partial charge < -0.3 is 19.0 Å². The molecule has 3 aromatic rings. The number of aryl methyl sites for hydroxylation is 2. The van der Waals surface area contributed by atoms with E-state index in [1.54, 1.807) is 19.4 Å². The molecule has 0 aliphatic rings. The third kappa shape index (κ3) is 4.03. The number of hydrogen-bond donors (Lipinski definition) is 1. The lowest BCUT2D eigenvalue weighted by Gasteiger charge is -2.19. The van der Waals surface area contributed by atoms with Gasteiger partial charge in [0, 0.05) is 25.5 Å². The van der Waals surface area contributed by atoms with Crippen LogP contribution in [0.25, 0.3) is 6.08 Å². The molecule has 2 aromatic heterocycles. The first-order valence-corrected chi connectivity index (χ1v) is 8.23. The van der Waals surface area contributed by atoms with E-state index in [1.165, 1.54) is 6.08 Å². The number of nitrogens with one attached hydrogen (secondary N) is 1. The predicted molar refractivity (Wildman–Crippen MR) is 98.7 cm³/mol. The van der Waals surface area contributed by atoms with E-state index in [1.807, 2.05) is 61.1 Å². The van der Waals surface area contributed by atoms with Gasteiger partial charge in [0.2, 0.25) is 5.91 Å². The van der Waals surface area contributed by atoms with Gasteiger partial charge in [-0.25, -0.2) is 4.98 Å². The Morgan fingerprint density at radius 2 is 2.19 bits per heavy atom. The van der Waals surface area contributed by atoms with E-state index in [9.17, 15) is 4.79 Å². The van der Waals surface area contributed by atoms with Gasteiger partial charge in [-0.15, -0.1) is 0 Å². The quantitative estimate of drug-likeness (QED) is 0.692. The van der Waals surface area contributed by atoms with E-state index in [-0.39, 0.29) is 5.91 Å². The molecule has 6 nitrogen and oxygen atoms in total. The number of ether oxygens (including phenoxy) is 1. The maximum atomic E-state index is 12.5. The lowest BCUT2D eigenvalue weighted by molar-refractivity contribution is -0.117. The molecule has 0 fully saturated rings. The highest BCUT2D eigenvalue weighted by molar-refractivity contribution is 5.91. The SMILES string of the molecule is COc1cccc(C(NC(=O)/C=C/c2ccc(C)o2)c2nccn2C)c1. The Kier molecular flexibility index (Phi) is 5.22. The standard InChI is InChI=1S/C20H21N3O3/c1-14-7-8-16(26-14)9-10-18(24)22-19(20-21-11-12-23(20)2)15-5-4-6-17(13-15)25-3/h4-13,19H,1-3H3,(H,22,24)/b10-9+. The molecule has 0 bridgehead atoms. The van der Waals surface area contributed by atoms with Crippen LogP contribution in [0.3, 0.4) is 0 Å². The molecule has 26 heavy (non-hydrogen) atoms. The molecule has 0 saturated heterocycles. The van der Waals surface area contributed by atoms with E-state index in [2.05, 4.69) is 10.3 Å². The highest BCUT2D eigenvalue weighted by Gasteiger charge is 2.20. The lowest BCUT2D eigenvalue weighted by atomic mass is 10.1. The average molecular weight is 351 g/mol. The molecular weight excluding hydrogens is 330 g/mol. The molecule has 1 unspecified atom stereocenters. The molecule has 0 spiro atoms. The molecule has 0 radical (unpaired) electrons. The van der Waals surface area contributed by atoms with Crippen LogP contribution in [-0.4, -0.2) is 22.6 Å². The van der Waals surface area contributed by atoms with Crippen molar-refractivity contribution in [2.45, 2.75) is 13.0 Å². The van der Waals surface area contributed by atoms with E-state index < -0.39 is 6.04 Å². The first-order chi connectivity index (χ1) is 12.6. The fourth-order valence-corrected chi connectivity index (χ4v) is 2.66. The summed E-state index contributed by atoms with van der Waals surface area (Å²) in [5.74, 6) is 2.64. The molecular formula is C20H21N3O3. The average Bonchev–Trinajstić information content (AvgIpc) is 3.26. The number of aromatic nitrogens is 2. The predicted octanol–water partition coefficient (Wildman–Crippen LogP) is 3.25. The van der Waals surface area contributed by atoms with Gasteiger partial charge in [-0.1, -0.05) is 12.1 Å². The Hall–Kier alpha value is -3.28. The molecule has 0 saturated carbocycles. The van der Waals surface area contributed by atoms with E-state index in [0.29, 0.717) is 5.76 Å². The molecule has 6 heteroatoms. The minimum Gasteiger partial charge on any atom is -0.497 e. The largest absolute Gasteiger partial charge is 0.497 e. The third-order valence-electron chi connectivity index (χ3n) is 3.99. The van der Waals surface area contributed by atoms with Crippen LogP contribution in [0.1, 0.15) is 29.0 Å². The Morgan fingerprint density at radius 1 is 1.35 bits per heavy atom. The number of nitrogens with zero attached hydrogens (tertiary/aromatic N) is 2. The molecule has 1 atom stereocenters. The van der Waals surface area contributed by atoms with E-state index in [4.69, 9.17) is 9.15 Å². The van der Waals surface area contributed by atoms with Gasteiger partial charge in [0.05, 0.1) is 7.11 Å². The Morgan fingerprint density at radius 3 is 2.85 bits per heavy atom. The monoisotopic (exact) mass is 351 g/mol. The van der Waals surface area contributed by atoms with Gasteiger partial charge in [-0.05, 0) is 42.8 Å². The third-order valence-corrected chi connectivity index (χ3v) is 3.99. The number of imidazole rings is 1. The zero-order valence-corrected chi connectivity index (χ0v) is 15.0. The number of carbonyl (C=O) groups is 1. The highest BCUT2D eigenvalue weighted by Crippen LogP contribution is 2.24. The van der Waals surface area contributed by atoms with Crippen molar-refractivity contribution in [1.29, 1.82) is 0 Å². The van der Waals surface area contributed by atoms with Crippen LogP contribution in [0.5, 0.6) is 5.75 Å². The molecule has 1 aromatic carbocycles. The zero-order chi connectivity index (χ0) is 18.5. The first kappa shape index (κ1) is 17.5. The van der Waals surface area contributed by atoms with Crippen LogP contribution in [0.2, 0.25) is 0 Å². The van der Waals surface area contributed by atoms with Gasteiger partial charge in [-0.2, -0.15) is 0 Å². The molecule has 134 valence electrons. The van der Waals surface area contributed by atoms with Crippen molar-refractivity contribution >= 4 is 12.0 Å². The van der Waals surface area contributed by atoms with Crippen LogP contribution >= 0.6 is 0 Å². The molecule has 3 rings (SSSR count). The maximum Gasteiger partial charge on any atom is 0.244 e. The molecule has 1 amide bonds. The van der Waals surface area contributed by atoms with Gasteiger partial charge in [0.25, 0.3) is 0 Å². The Bertz CT molecular complexity index is 924. The van der Waals surface area contributed by atoms with Crippen molar-refractivity contribution in [3.05, 3.63) is 77.8 Å². The highest BCUT2D eigenvalue weighted by atomic mass is 16.5. The molecule has 0 aliphatic carbocycles. The number of methoxy groups -OCH3 is 1. The number of amides is 1. The number of benzene rings is 1. The number of hydrogen-bond acceptors (Lipinski definition) is 4. The summed E-state index contributed by atoms with van der Waals surface area (Å²) in [5.41, 5.74) is 0.884. The topological polar surface area (TPSA) is 69.3 Å². The second kappa shape index (κ2) is 7.74. The van der Waals surface area contributed by atoms with E-state index in [0.717, 1.165) is 22.9 Å². The second-order valence-electron chi connectivity index (χ2n) is 5.90. The fraction of sp³-hybridized carbons (Fsp3) is 0.200. The van der Waals surface area contributed by atoms with Crippen molar-refractivity contribution in [2.75, 3.05) is 7.11 Å². The lowest BCUT2D eigenvalue weighted by Crippen LogP contribution is -2.29. The second-order valence-corrected chi connectivity index (χ2v) is 5.90. The molecule has 2 heterocycles. The number of rotatable bonds is 6. The maximum absolute atomic E-state index is 12.5. The summed E-state index contributed by atoms with van der Waals surface area (Å²) in [5, 5.41) is 3.00. The van der Waals surface area contributed by atoms with Crippen molar-refractivity contribution in [2.24, 2.45) is 7.05 Å². The summed E-state index contributed by atoms with van der Waals surface area (Å²) in [6, 6.07) is 10.8. The number of carbonyl (C=O) groups excluding carboxylic acids is 1. The summed E-state index contributed by atoms with van der Waals surface area (Å²) < 4.78 is 12.6. The van der Waals surface area contributed by atoms with Gasteiger partial charge in [0.1, 0.15) is 29.1 Å². The first-order valence-electron chi connectivity index (χ1n) is 8.23. The van der Waals surface area contributed by atoms with Crippen LogP contribution in [0, 0.1) is 6.92 Å². The van der Waals surface area contributed by atoms with Gasteiger partial charge in [0.15, 0.2) is 0 Å². The normalized spacial score (nSPS) is 12.3. The molecule has 1 N–H and O–H groups in total. The van der Waals surface area contributed by atoms with Crippen LogP contribution < -0.4 is 10.1 Å². The minimum atomic E-state index is -0.402. The summed E-state index contributed by atoms with van der Waals surface area (Å²) >= 11 is 0. The van der Waals surface area contributed by atoms with Crippen molar-refractivity contribution < 1.29 is 13.9 Å². The Labute approximate surface area is 152 Å². The number of furan rings is 1. The Balaban J connectivity index is 1.85. The van der Waals surface area contributed by atoms with Gasteiger partial charge >= 0.3 is 0 Å².